The van der Waals surface area contributed by atoms with Crippen LogP contribution >= 0.6 is 0 Å². The lowest BCUT2D eigenvalue weighted by Gasteiger charge is -2.37. The molecule has 356 valence electrons. The first-order valence-corrected chi connectivity index (χ1v) is 25.6. The highest BCUT2D eigenvalue weighted by atomic mass is 15.1. The monoisotopic (exact) mass is 918 g/mol. The summed E-state index contributed by atoms with van der Waals surface area (Å²) < 4.78 is 0. The Morgan fingerprint density at radius 2 is 0.771 bits per heavy atom. The molecule has 0 saturated carbocycles. The summed E-state index contributed by atoms with van der Waals surface area (Å²) in [5.41, 5.74) is 22.3. The zero-order valence-corrected chi connectivity index (χ0v) is 44.8. The zero-order chi connectivity index (χ0) is 50.2. The molecule has 0 fully saturated rings. The highest BCUT2D eigenvalue weighted by Gasteiger charge is 2.47. The molecule has 0 bridgehead atoms. The van der Waals surface area contributed by atoms with E-state index >= 15 is 0 Å². The molecule has 0 unspecified atom stereocenters. The summed E-state index contributed by atoms with van der Waals surface area (Å²) in [6, 6.07) is 69.5. The molecule has 0 saturated heterocycles. The molecule has 0 N–H and O–H groups in total. The Bertz CT molecular complexity index is 3070. The minimum atomic E-state index is -0.571. The number of fused-ring (bicyclic) bond motifs is 3. The van der Waals surface area contributed by atoms with E-state index in [4.69, 9.17) is 0 Å². The van der Waals surface area contributed by atoms with Gasteiger partial charge in [0.2, 0.25) is 0 Å². The molecule has 0 radical (unpaired) electrons. The third kappa shape index (κ3) is 8.76. The highest BCUT2D eigenvalue weighted by molar-refractivity contribution is 5.92. The number of hydrogen-bond acceptors (Lipinski definition) is 1. The molecule has 0 aliphatic heterocycles. The summed E-state index contributed by atoms with van der Waals surface area (Å²) in [4.78, 5) is 2.50. The topological polar surface area (TPSA) is 3.24 Å². The predicted octanol–water partition coefficient (Wildman–Crippen LogP) is 19.3. The van der Waals surface area contributed by atoms with Gasteiger partial charge in [0.25, 0.3) is 0 Å². The second-order valence-electron chi connectivity index (χ2n) is 25.1. The number of para-hydroxylation sites is 1. The molecule has 1 aliphatic carbocycles. The molecule has 0 atom stereocenters. The molecular weight excluding hydrogens is 843 g/mol. The van der Waals surface area contributed by atoms with Gasteiger partial charge in [0, 0.05) is 16.9 Å². The van der Waals surface area contributed by atoms with Gasteiger partial charge in [0.15, 0.2) is 0 Å². The van der Waals surface area contributed by atoms with Crippen LogP contribution in [0.25, 0.3) is 33.4 Å². The van der Waals surface area contributed by atoms with Gasteiger partial charge in [0.1, 0.15) is 0 Å². The molecule has 70 heavy (non-hydrogen) atoms. The second-order valence-corrected chi connectivity index (χ2v) is 25.1. The number of rotatable bonds is 7. The van der Waals surface area contributed by atoms with Gasteiger partial charge >= 0.3 is 0 Å². The number of anilines is 3. The van der Waals surface area contributed by atoms with Crippen LogP contribution in [0.15, 0.2) is 182 Å². The number of nitrogens with zero attached hydrogens (tertiary/aromatic N) is 1. The first-order valence-electron chi connectivity index (χ1n) is 25.6. The van der Waals surface area contributed by atoms with E-state index in [1.54, 1.807) is 0 Å². The smallest absolute Gasteiger partial charge is 0.0714 e. The molecule has 0 heterocycles. The van der Waals surface area contributed by atoms with E-state index in [9.17, 15) is 0 Å². The summed E-state index contributed by atoms with van der Waals surface area (Å²) in [6.07, 6.45) is 0. The maximum atomic E-state index is 2.51. The minimum Gasteiger partial charge on any atom is -0.310 e. The Kier molecular flexibility index (Phi) is 12.1. The van der Waals surface area contributed by atoms with Crippen LogP contribution < -0.4 is 4.90 Å². The molecule has 0 aromatic heterocycles. The van der Waals surface area contributed by atoms with E-state index in [2.05, 4.69) is 291 Å². The van der Waals surface area contributed by atoms with Crippen LogP contribution in [0.2, 0.25) is 0 Å². The molecular formula is C69H75N. The quantitative estimate of drug-likeness (QED) is 0.154. The third-order valence-electron chi connectivity index (χ3n) is 14.8. The lowest BCUT2D eigenvalue weighted by Crippen LogP contribution is -2.29. The van der Waals surface area contributed by atoms with E-state index in [1.807, 2.05) is 0 Å². The van der Waals surface area contributed by atoms with Crippen molar-refractivity contribution in [1.29, 1.82) is 0 Å². The van der Waals surface area contributed by atoms with Crippen molar-refractivity contribution < 1.29 is 0 Å². The standard InChI is InChI=1S/C69H75N/c1-64(2,3)49-31-35-51(36-32-49)69(52-37-33-50(34-38-52)65(4,5)6)58-27-21-19-26-56(58)57-42-41-54(45-59(57)69)70(62-28-22-20-25-55(62)47-23-17-16-18-24-47)53-39-29-46(30-40-53)48-43-60(66(7,8)9)63(68(13,14)15)61(44-48)67(10,11)12/h16-45H,1-15H3. The van der Waals surface area contributed by atoms with Gasteiger partial charge in [-0.2, -0.15) is 0 Å². The van der Waals surface area contributed by atoms with Crippen LogP contribution in [0.4, 0.5) is 17.1 Å². The summed E-state index contributed by atoms with van der Waals surface area (Å²) in [5.74, 6) is 0. The van der Waals surface area contributed by atoms with E-state index < -0.39 is 5.41 Å². The van der Waals surface area contributed by atoms with Crippen molar-refractivity contribution in [1.82, 2.24) is 0 Å². The molecule has 9 rings (SSSR count). The Labute approximate surface area is 421 Å². The maximum absolute atomic E-state index is 2.51. The molecule has 8 aromatic carbocycles. The van der Waals surface area contributed by atoms with Gasteiger partial charge in [-0.05, 0) is 135 Å². The molecule has 1 aliphatic rings. The van der Waals surface area contributed by atoms with Crippen molar-refractivity contribution in [2.24, 2.45) is 0 Å². The second kappa shape index (κ2) is 17.4. The summed E-state index contributed by atoms with van der Waals surface area (Å²) in [7, 11) is 0. The summed E-state index contributed by atoms with van der Waals surface area (Å²) in [6.45, 7) is 35.1. The van der Waals surface area contributed by atoms with Gasteiger partial charge in [0.05, 0.1) is 11.1 Å². The van der Waals surface area contributed by atoms with Gasteiger partial charge in [-0.15, -0.1) is 0 Å². The van der Waals surface area contributed by atoms with Crippen LogP contribution in [0, 0.1) is 0 Å². The fourth-order valence-electron chi connectivity index (χ4n) is 11.2. The number of benzene rings is 8. The van der Waals surface area contributed by atoms with Crippen LogP contribution in [0.5, 0.6) is 0 Å². The van der Waals surface area contributed by atoms with Gasteiger partial charge < -0.3 is 4.90 Å². The third-order valence-corrected chi connectivity index (χ3v) is 14.8. The minimum absolute atomic E-state index is 0.000826. The fourth-order valence-corrected chi connectivity index (χ4v) is 11.2. The lowest BCUT2D eigenvalue weighted by molar-refractivity contribution is 0.498. The van der Waals surface area contributed by atoms with E-state index in [-0.39, 0.29) is 27.1 Å². The Balaban J connectivity index is 1.30. The highest BCUT2D eigenvalue weighted by Crippen LogP contribution is 2.58. The molecule has 0 amide bonds. The zero-order valence-electron chi connectivity index (χ0n) is 44.8. The normalized spacial score (nSPS) is 13.8. The first-order chi connectivity index (χ1) is 32.9. The fraction of sp³-hybridized carbons (Fsp3) is 0.304. The van der Waals surface area contributed by atoms with Crippen LogP contribution in [0.1, 0.15) is 154 Å². The van der Waals surface area contributed by atoms with E-state index in [0.717, 1.165) is 17.1 Å². The van der Waals surface area contributed by atoms with Gasteiger partial charge in [-0.25, -0.2) is 0 Å². The van der Waals surface area contributed by atoms with Crippen LogP contribution in [0.3, 0.4) is 0 Å². The summed E-state index contributed by atoms with van der Waals surface area (Å²) >= 11 is 0. The Hall–Kier alpha value is -6.44. The van der Waals surface area contributed by atoms with Crippen molar-refractivity contribution in [2.75, 3.05) is 4.90 Å². The van der Waals surface area contributed by atoms with Crippen LogP contribution in [-0.2, 0) is 32.5 Å². The van der Waals surface area contributed by atoms with E-state index in [0.29, 0.717) is 0 Å². The van der Waals surface area contributed by atoms with Crippen molar-refractivity contribution in [3.05, 3.63) is 232 Å². The Morgan fingerprint density at radius 1 is 0.314 bits per heavy atom. The largest absolute Gasteiger partial charge is 0.310 e. The Morgan fingerprint density at radius 3 is 1.27 bits per heavy atom. The SMILES string of the molecule is CC(C)(C)c1ccc(C2(c3ccc(C(C)(C)C)cc3)c3ccccc3-c3ccc(N(c4ccc(-c5cc(C(C)(C)C)c(C(C)(C)C)c(C(C)(C)C)c5)cc4)c4ccccc4-c4ccccc4)cc32)cc1. The average Bonchev–Trinajstić information content (AvgIpc) is 3.61. The summed E-state index contributed by atoms with van der Waals surface area (Å²) in [5, 5.41) is 0. The number of hydrogen-bond donors (Lipinski definition) is 0. The van der Waals surface area contributed by atoms with E-state index in [1.165, 1.54) is 83.5 Å². The molecule has 1 heteroatoms. The van der Waals surface area contributed by atoms with Gasteiger partial charge in [-0.1, -0.05) is 256 Å². The van der Waals surface area contributed by atoms with Crippen molar-refractivity contribution in [3.63, 3.8) is 0 Å². The van der Waals surface area contributed by atoms with Crippen LogP contribution in [-0.4, -0.2) is 0 Å². The maximum Gasteiger partial charge on any atom is 0.0714 e. The molecule has 1 nitrogen and oxygen atoms in total. The average molecular weight is 918 g/mol. The van der Waals surface area contributed by atoms with Crippen molar-refractivity contribution >= 4 is 17.1 Å². The first kappa shape index (κ1) is 48.6. The van der Waals surface area contributed by atoms with Crippen molar-refractivity contribution in [2.45, 2.75) is 136 Å². The molecule has 0 spiro atoms. The predicted molar refractivity (Wildman–Crippen MR) is 303 cm³/mol. The van der Waals surface area contributed by atoms with Gasteiger partial charge in [-0.3, -0.25) is 0 Å². The molecule has 8 aromatic rings. The lowest BCUT2D eigenvalue weighted by atomic mass is 9.67. The van der Waals surface area contributed by atoms with Crippen molar-refractivity contribution in [3.8, 4) is 33.4 Å².